The largest absolute Gasteiger partial charge is 0.390 e. The van der Waals surface area contributed by atoms with E-state index in [1.165, 1.54) is 0 Å². The van der Waals surface area contributed by atoms with Crippen molar-refractivity contribution in [2.75, 3.05) is 0 Å². The third kappa shape index (κ3) is 3.30. The van der Waals surface area contributed by atoms with Gasteiger partial charge in [0.1, 0.15) is 6.10 Å². The van der Waals surface area contributed by atoms with Crippen molar-refractivity contribution in [3.63, 3.8) is 0 Å². The molecule has 4 N–H and O–H groups in total. The van der Waals surface area contributed by atoms with Gasteiger partial charge < -0.3 is 15.9 Å². The minimum atomic E-state index is -1.18. The van der Waals surface area contributed by atoms with E-state index in [0.717, 1.165) is 0 Å². The predicted molar refractivity (Wildman–Crippen MR) is 58.9 cm³/mol. The molecule has 1 amide bonds. The zero-order chi connectivity index (χ0) is 11.4. The molecule has 0 aliphatic carbocycles. The van der Waals surface area contributed by atoms with Crippen LogP contribution in [-0.2, 0) is 4.79 Å². The van der Waals surface area contributed by atoms with Crippen LogP contribution in [0.25, 0.3) is 0 Å². The second-order valence-corrected chi connectivity index (χ2v) is 4.06. The minimum absolute atomic E-state index is 0.261. The monoisotopic (exact) mass is 273 g/mol. The van der Waals surface area contributed by atoms with Crippen molar-refractivity contribution in [3.05, 3.63) is 34.3 Å². The predicted octanol–water partition coefficient (Wildman–Crippen LogP) is 0.719. The minimum Gasteiger partial charge on any atom is -0.390 e. The van der Waals surface area contributed by atoms with Gasteiger partial charge in [0.05, 0.1) is 12.5 Å². The lowest BCUT2D eigenvalue weighted by molar-refractivity contribution is -0.121. The number of hydrogen-bond acceptors (Lipinski definition) is 3. The van der Waals surface area contributed by atoms with E-state index in [2.05, 4.69) is 15.9 Å². The number of benzene rings is 1. The number of carbonyl (C=O) groups excluding carboxylic acids is 1. The van der Waals surface area contributed by atoms with Crippen molar-refractivity contribution in [1.29, 1.82) is 0 Å². The Hall–Kier alpha value is -0.910. The van der Waals surface area contributed by atoms with Crippen LogP contribution in [0.3, 0.4) is 0 Å². The molecule has 0 bridgehead atoms. The molecule has 0 aliphatic heterocycles. The van der Waals surface area contributed by atoms with Gasteiger partial charge >= 0.3 is 0 Å². The summed E-state index contributed by atoms with van der Waals surface area (Å²) in [4.78, 5) is 10.6. The Morgan fingerprint density at radius 2 is 2.00 bits per heavy atom. The van der Waals surface area contributed by atoms with Crippen molar-refractivity contribution in [3.8, 4) is 0 Å². The quantitative estimate of drug-likeness (QED) is 0.756. The number of aliphatic hydroxyl groups excluding tert-OH is 2. The van der Waals surface area contributed by atoms with Crippen LogP contribution in [0.2, 0.25) is 0 Å². The first kappa shape index (κ1) is 12.2. The van der Waals surface area contributed by atoms with Crippen LogP contribution >= 0.6 is 15.9 Å². The van der Waals surface area contributed by atoms with Crippen LogP contribution in [0.1, 0.15) is 18.1 Å². The first-order chi connectivity index (χ1) is 7.02. The van der Waals surface area contributed by atoms with Crippen LogP contribution < -0.4 is 5.73 Å². The van der Waals surface area contributed by atoms with E-state index in [1.54, 1.807) is 24.3 Å². The molecule has 0 spiro atoms. The number of hydrogen-bond donors (Lipinski definition) is 3. The summed E-state index contributed by atoms with van der Waals surface area (Å²) in [5.74, 6) is -0.645. The Kier molecular flexibility index (Phi) is 4.26. The summed E-state index contributed by atoms with van der Waals surface area (Å²) >= 11 is 3.24. The number of amides is 1. The van der Waals surface area contributed by atoms with Crippen molar-refractivity contribution in [1.82, 2.24) is 0 Å². The van der Waals surface area contributed by atoms with E-state index >= 15 is 0 Å². The first-order valence-electron chi connectivity index (χ1n) is 4.41. The lowest BCUT2D eigenvalue weighted by atomic mass is 10.0. The van der Waals surface area contributed by atoms with E-state index in [1.807, 2.05) is 0 Å². The van der Waals surface area contributed by atoms with Gasteiger partial charge in [-0.3, -0.25) is 4.79 Å². The number of nitrogens with two attached hydrogens (primary N) is 1. The summed E-state index contributed by atoms with van der Waals surface area (Å²) in [6.07, 6.45) is -2.56. The number of aliphatic hydroxyl groups is 2. The topological polar surface area (TPSA) is 83.6 Å². The van der Waals surface area contributed by atoms with E-state index in [9.17, 15) is 15.0 Å². The summed E-state index contributed by atoms with van der Waals surface area (Å²) in [5.41, 5.74) is 5.46. The van der Waals surface area contributed by atoms with Gasteiger partial charge in [-0.1, -0.05) is 34.1 Å². The second-order valence-electron chi connectivity index (χ2n) is 3.20. The van der Waals surface area contributed by atoms with Crippen LogP contribution in [0.4, 0.5) is 0 Å². The van der Waals surface area contributed by atoms with E-state index in [-0.39, 0.29) is 6.42 Å². The van der Waals surface area contributed by atoms with Gasteiger partial charge in [0.25, 0.3) is 0 Å². The molecule has 0 saturated heterocycles. The molecule has 0 saturated carbocycles. The third-order valence-corrected chi connectivity index (χ3v) is 2.72. The number of halogens is 1. The standard InChI is InChI=1S/C10H12BrNO3/c11-7-4-2-1-3-6(7)10(15)8(13)5-9(12)14/h1-4,8,10,13,15H,5H2,(H2,12,14). The molecule has 0 heterocycles. The van der Waals surface area contributed by atoms with E-state index in [4.69, 9.17) is 5.73 Å². The smallest absolute Gasteiger partial charge is 0.220 e. The molecule has 1 aromatic carbocycles. The highest BCUT2D eigenvalue weighted by atomic mass is 79.9. The van der Waals surface area contributed by atoms with Gasteiger partial charge in [-0.25, -0.2) is 0 Å². The molecule has 2 unspecified atom stereocenters. The number of primary amides is 1. The number of carbonyl (C=O) groups is 1. The lowest BCUT2D eigenvalue weighted by Crippen LogP contribution is -2.25. The maximum atomic E-state index is 10.6. The molecule has 15 heavy (non-hydrogen) atoms. The van der Waals surface area contributed by atoms with Crippen molar-refractivity contribution < 1.29 is 15.0 Å². The molecule has 1 rings (SSSR count). The Balaban J connectivity index is 2.80. The summed E-state index contributed by atoms with van der Waals surface area (Å²) in [6.45, 7) is 0. The van der Waals surface area contributed by atoms with Gasteiger partial charge in [-0.2, -0.15) is 0 Å². The van der Waals surface area contributed by atoms with Gasteiger partial charge in [0.15, 0.2) is 0 Å². The van der Waals surface area contributed by atoms with Crippen LogP contribution in [-0.4, -0.2) is 22.2 Å². The summed E-state index contributed by atoms with van der Waals surface area (Å²) < 4.78 is 0.682. The Morgan fingerprint density at radius 1 is 1.40 bits per heavy atom. The van der Waals surface area contributed by atoms with Gasteiger partial charge in [0.2, 0.25) is 5.91 Å². The molecule has 0 fully saturated rings. The molecular formula is C10H12BrNO3. The molecule has 0 aromatic heterocycles. The molecule has 82 valence electrons. The first-order valence-corrected chi connectivity index (χ1v) is 5.20. The Bertz CT molecular complexity index is 356. The highest BCUT2D eigenvalue weighted by molar-refractivity contribution is 9.10. The number of rotatable bonds is 4. The average molecular weight is 274 g/mol. The van der Waals surface area contributed by atoms with Crippen LogP contribution in [0.5, 0.6) is 0 Å². The Labute approximate surface area is 95.8 Å². The molecule has 0 aliphatic rings. The van der Waals surface area contributed by atoms with Crippen LogP contribution in [0, 0.1) is 0 Å². The average Bonchev–Trinajstić information content (AvgIpc) is 2.16. The van der Waals surface area contributed by atoms with E-state index < -0.39 is 18.1 Å². The van der Waals surface area contributed by atoms with Crippen molar-refractivity contribution in [2.24, 2.45) is 5.73 Å². The van der Waals surface area contributed by atoms with Gasteiger partial charge in [0, 0.05) is 4.47 Å². The molecule has 5 heteroatoms. The maximum Gasteiger partial charge on any atom is 0.220 e. The molecular weight excluding hydrogens is 262 g/mol. The molecule has 4 nitrogen and oxygen atoms in total. The van der Waals surface area contributed by atoms with Gasteiger partial charge in [-0.15, -0.1) is 0 Å². The summed E-state index contributed by atoms with van der Waals surface area (Å²) in [5, 5.41) is 19.2. The second kappa shape index (κ2) is 5.25. The normalized spacial score (nSPS) is 14.6. The van der Waals surface area contributed by atoms with Gasteiger partial charge in [-0.05, 0) is 11.6 Å². The fourth-order valence-corrected chi connectivity index (χ4v) is 1.76. The fourth-order valence-electron chi connectivity index (χ4n) is 1.24. The maximum absolute atomic E-state index is 10.6. The molecule has 0 radical (unpaired) electrons. The third-order valence-electron chi connectivity index (χ3n) is 2.00. The van der Waals surface area contributed by atoms with Crippen molar-refractivity contribution >= 4 is 21.8 Å². The summed E-state index contributed by atoms with van der Waals surface area (Å²) in [6, 6.07) is 6.94. The zero-order valence-electron chi connectivity index (χ0n) is 7.93. The summed E-state index contributed by atoms with van der Waals surface area (Å²) in [7, 11) is 0. The Morgan fingerprint density at radius 3 is 2.53 bits per heavy atom. The highest BCUT2D eigenvalue weighted by Gasteiger charge is 2.21. The molecule has 2 atom stereocenters. The lowest BCUT2D eigenvalue weighted by Gasteiger charge is -2.17. The highest BCUT2D eigenvalue weighted by Crippen LogP contribution is 2.26. The molecule has 1 aromatic rings. The van der Waals surface area contributed by atoms with E-state index in [0.29, 0.717) is 10.0 Å². The zero-order valence-corrected chi connectivity index (χ0v) is 9.52. The SMILES string of the molecule is NC(=O)CC(O)C(O)c1ccccc1Br. The van der Waals surface area contributed by atoms with Crippen LogP contribution in [0.15, 0.2) is 28.7 Å². The fraction of sp³-hybridized carbons (Fsp3) is 0.300. The van der Waals surface area contributed by atoms with Crippen molar-refractivity contribution in [2.45, 2.75) is 18.6 Å².